The number of nitrogens with zero attached hydrogens (tertiary/aromatic N) is 1. The minimum Gasteiger partial charge on any atom is -0.393 e. The van der Waals surface area contributed by atoms with E-state index in [-0.39, 0.29) is 6.10 Å². The van der Waals surface area contributed by atoms with E-state index in [0.29, 0.717) is 12.0 Å². The van der Waals surface area contributed by atoms with Crippen molar-refractivity contribution in [2.24, 2.45) is 17.8 Å². The summed E-state index contributed by atoms with van der Waals surface area (Å²) in [6.07, 6.45) is 8.78. The van der Waals surface area contributed by atoms with E-state index in [4.69, 9.17) is 0 Å². The molecule has 21 heavy (non-hydrogen) atoms. The fourth-order valence-corrected chi connectivity index (χ4v) is 4.98. The molecule has 0 amide bonds. The Labute approximate surface area is 130 Å². The van der Waals surface area contributed by atoms with E-state index in [0.717, 1.165) is 37.3 Å². The van der Waals surface area contributed by atoms with Crippen molar-refractivity contribution in [1.29, 1.82) is 0 Å². The van der Waals surface area contributed by atoms with Crippen LogP contribution in [0, 0.1) is 17.8 Å². The Balaban J connectivity index is 1.53. The molecular weight excluding hydrogens is 260 g/mol. The first-order chi connectivity index (χ1) is 10.1. The Morgan fingerprint density at radius 1 is 1.05 bits per heavy atom. The van der Waals surface area contributed by atoms with Gasteiger partial charge < -0.3 is 15.3 Å². The second-order valence-electron chi connectivity index (χ2n) is 8.12. The second-order valence-corrected chi connectivity index (χ2v) is 8.12. The average molecular weight is 294 g/mol. The molecule has 2 N–H and O–H groups in total. The zero-order chi connectivity index (χ0) is 14.8. The average Bonchev–Trinajstić information content (AvgIpc) is 2.44. The van der Waals surface area contributed by atoms with E-state index < -0.39 is 0 Å². The van der Waals surface area contributed by atoms with E-state index in [2.05, 4.69) is 24.1 Å². The van der Waals surface area contributed by atoms with Crippen molar-refractivity contribution in [3.05, 3.63) is 0 Å². The maximum Gasteiger partial charge on any atom is 0.0543 e. The SMILES string of the molecule is CC(C)N1CC2CCCC(C1)C2NCC1CCCC(O)C1. The van der Waals surface area contributed by atoms with E-state index in [9.17, 15) is 5.11 Å². The van der Waals surface area contributed by atoms with Crippen LogP contribution in [0.1, 0.15) is 58.8 Å². The molecule has 1 saturated heterocycles. The zero-order valence-electron chi connectivity index (χ0n) is 13.9. The highest BCUT2D eigenvalue weighted by molar-refractivity contribution is 4.95. The van der Waals surface area contributed by atoms with Crippen LogP contribution in [0.2, 0.25) is 0 Å². The van der Waals surface area contributed by atoms with Gasteiger partial charge in [-0.15, -0.1) is 0 Å². The molecule has 2 bridgehead atoms. The summed E-state index contributed by atoms with van der Waals surface area (Å²) in [5.74, 6) is 2.42. The lowest BCUT2D eigenvalue weighted by Gasteiger charge is -2.49. The summed E-state index contributed by atoms with van der Waals surface area (Å²) in [5, 5.41) is 13.8. The monoisotopic (exact) mass is 294 g/mol. The van der Waals surface area contributed by atoms with Gasteiger partial charge in [-0.2, -0.15) is 0 Å². The molecule has 0 aromatic carbocycles. The molecule has 4 atom stereocenters. The third kappa shape index (κ3) is 3.80. The summed E-state index contributed by atoms with van der Waals surface area (Å²) in [6, 6.07) is 1.44. The molecule has 1 heterocycles. The molecule has 122 valence electrons. The predicted octanol–water partition coefficient (Wildman–Crippen LogP) is 2.64. The van der Waals surface area contributed by atoms with E-state index in [1.165, 1.54) is 45.2 Å². The Morgan fingerprint density at radius 2 is 1.71 bits per heavy atom. The van der Waals surface area contributed by atoms with Gasteiger partial charge in [0.05, 0.1) is 6.10 Å². The summed E-state index contributed by atoms with van der Waals surface area (Å²) in [7, 11) is 0. The molecule has 1 aliphatic heterocycles. The summed E-state index contributed by atoms with van der Waals surface area (Å²) in [4.78, 5) is 2.69. The largest absolute Gasteiger partial charge is 0.393 e. The minimum absolute atomic E-state index is 0.0344. The van der Waals surface area contributed by atoms with Crippen LogP contribution in [0.25, 0.3) is 0 Å². The number of nitrogens with one attached hydrogen (secondary N) is 1. The van der Waals surface area contributed by atoms with Gasteiger partial charge >= 0.3 is 0 Å². The molecule has 0 aromatic rings. The number of aliphatic hydroxyl groups is 1. The quantitative estimate of drug-likeness (QED) is 0.837. The number of rotatable bonds is 4. The van der Waals surface area contributed by atoms with E-state index in [1.54, 1.807) is 0 Å². The predicted molar refractivity (Wildman–Crippen MR) is 87.3 cm³/mol. The lowest BCUT2D eigenvalue weighted by Crippen LogP contribution is -2.58. The zero-order valence-corrected chi connectivity index (χ0v) is 13.9. The number of piperidine rings is 1. The molecule has 2 saturated carbocycles. The standard InChI is InChI=1S/C18H34N2O/c1-13(2)20-11-15-6-4-7-16(12-20)18(15)19-10-14-5-3-8-17(21)9-14/h13-19,21H,3-12H2,1-2H3. The van der Waals surface area contributed by atoms with Gasteiger partial charge in [-0.3, -0.25) is 0 Å². The third-order valence-corrected chi connectivity index (χ3v) is 6.23. The molecule has 3 fully saturated rings. The lowest BCUT2D eigenvalue weighted by molar-refractivity contribution is 0.0250. The molecule has 3 heteroatoms. The van der Waals surface area contributed by atoms with Gasteiger partial charge in [-0.25, -0.2) is 0 Å². The van der Waals surface area contributed by atoms with Gasteiger partial charge in [0.2, 0.25) is 0 Å². The minimum atomic E-state index is -0.0344. The van der Waals surface area contributed by atoms with Gasteiger partial charge in [0.15, 0.2) is 0 Å². The van der Waals surface area contributed by atoms with E-state index >= 15 is 0 Å². The highest BCUT2D eigenvalue weighted by atomic mass is 16.3. The molecule has 2 aliphatic carbocycles. The molecule has 0 radical (unpaired) electrons. The van der Waals surface area contributed by atoms with Crippen LogP contribution < -0.4 is 5.32 Å². The first-order valence-corrected chi connectivity index (χ1v) is 9.29. The van der Waals surface area contributed by atoms with Crippen molar-refractivity contribution >= 4 is 0 Å². The molecule has 3 rings (SSSR count). The fraction of sp³-hybridized carbons (Fsp3) is 1.00. The van der Waals surface area contributed by atoms with Crippen LogP contribution in [-0.2, 0) is 0 Å². The van der Waals surface area contributed by atoms with Crippen LogP contribution >= 0.6 is 0 Å². The van der Waals surface area contributed by atoms with Crippen molar-refractivity contribution in [3.8, 4) is 0 Å². The third-order valence-electron chi connectivity index (χ3n) is 6.23. The van der Waals surface area contributed by atoms with Crippen molar-refractivity contribution < 1.29 is 5.11 Å². The van der Waals surface area contributed by atoms with Crippen molar-refractivity contribution in [3.63, 3.8) is 0 Å². The van der Waals surface area contributed by atoms with Crippen molar-refractivity contribution in [2.75, 3.05) is 19.6 Å². The molecule has 4 unspecified atom stereocenters. The number of aliphatic hydroxyl groups excluding tert-OH is 1. The Bertz CT molecular complexity index is 319. The summed E-state index contributed by atoms with van der Waals surface area (Å²) in [5.41, 5.74) is 0. The van der Waals surface area contributed by atoms with Crippen LogP contribution in [0.3, 0.4) is 0 Å². The highest BCUT2D eigenvalue weighted by Crippen LogP contribution is 2.36. The van der Waals surface area contributed by atoms with Crippen LogP contribution in [0.15, 0.2) is 0 Å². The number of hydrogen-bond acceptors (Lipinski definition) is 3. The van der Waals surface area contributed by atoms with Gasteiger partial charge in [0, 0.05) is 25.2 Å². The number of fused-ring (bicyclic) bond motifs is 2. The molecule has 0 aromatic heterocycles. The van der Waals surface area contributed by atoms with Crippen LogP contribution in [0.5, 0.6) is 0 Å². The van der Waals surface area contributed by atoms with Crippen molar-refractivity contribution in [1.82, 2.24) is 10.2 Å². The maximum absolute atomic E-state index is 9.84. The lowest BCUT2D eigenvalue weighted by atomic mass is 9.73. The first-order valence-electron chi connectivity index (χ1n) is 9.29. The van der Waals surface area contributed by atoms with E-state index in [1.807, 2.05) is 0 Å². The van der Waals surface area contributed by atoms with Gasteiger partial charge in [-0.05, 0) is 70.3 Å². The first kappa shape index (κ1) is 15.8. The molecule has 3 aliphatic rings. The van der Waals surface area contributed by atoms with Crippen LogP contribution in [-0.4, -0.2) is 47.8 Å². The second kappa shape index (κ2) is 6.97. The molecule has 3 nitrogen and oxygen atoms in total. The summed E-state index contributed by atoms with van der Waals surface area (Å²) >= 11 is 0. The topological polar surface area (TPSA) is 35.5 Å². The van der Waals surface area contributed by atoms with Crippen LogP contribution in [0.4, 0.5) is 0 Å². The summed E-state index contributed by atoms with van der Waals surface area (Å²) in [6.45, 7) is 8.40. The molecular formula is C18H34N2O. The smallest absolute Gasteiger partial charge is 0.0543 e. The maximum atomic E-state index is 9.84. The Hall–Kier alpha value is -0.120. The number of likely N-dealkylation sites (tertiary alicyclic amines) is 1. The Morgan fingerprint density at radius 3 is 2.33 bits per heavy atom. The van der Waals surface area contributed by atoms with Gasteiger partial charge in [0.1, 0.15) is 0 Å². The number of hydrogen-bond donors (Lipinski definition) is 2. The normalized spacial score (nSPS) is 41.4. The Kier molecular flexibility index (Phi) is 5.23. The van der Waals surface area contributed by atoms with Gasteiger partial charge in [-0.1, -0.05) is 12.8 Å². The highest BCUT2D eigenvalue weighted by Gasteiger charge is 2.39. The summed E-state index contributed by atoms with van der Waals surface area (Å²) < 4.78 is 0. The fourth-order valence-electron chi connectivity index (χ4n) is 4.98. The van der Waals surface area contributed by atoms with Gasteiger partial charge in [0.25, 0.3) is 0 Å². The molecule has 0 spiro atoms. The van der Waals surface area contributed by atoms with Crippen molar-refractivity contribution in [2.45, 2.75) is 77.0 Å².